The molecule has 148 valence electrons. The van der Waals surface area contributed by atoms with Crippen molar-refractivity contribution in [1.82, 2.24) is 0 Å². The quantitative estimate of drug-likeness (QED) is 0.464. The van der Waals surface area contributed by atoms with Gasteiger partial charge in [0.1, 0.15) is 13.2 Å². The number of ether oxygens (including phenoxy) is 2. The lowest BCUT2D eigenvalue weighted by Crippen LogP contribution is -2.33. The van der Waals surface area contributed by atoms with Gasteiger partial charge >= 0.3 is 6.18 Å². The molecule has 1 aliphatic heterocycles. The first-order valence-electron chi connectivity index (χ1n) is 8.15. The third-order valence-corrected chi connectivity index (χ3v) is 4.02. The van der Waals surface area contributed by atoms with Crippen molar-refractivity contribution in [3.8, 4) is 5.75 Å². The SMILES string of the molecule is O=C(C1C=COC1)N(O)c1ccc(OCc2cccc(C(F)(F)F)c2)c(F)c1. The fraction of sp³-hybridized carbons (Fsp3) is 0.211. The highest BCUT2D eigenvalue weighted by Gasteiger charge is 2.30. The molecule has 1 N–H and O–H groups in total. The molecule has 2 aromatic carbocycles. The second kappa shape index (κ2) is 7.89. The predicted octanol–water partition coefficient (Wildman–Crippen LogP) is 4.31. The molecule has 0 fully saturated rings. The van der Waals surface area contributed by atoms with E-state index in [2.05, 4.69) is 0 Å². The van der Waals surface area contributed by atoms with Gasteiger partial charge in [0.2, 0.25) is 0 Å². The molecule has 0 saturated carbocycles. The molecular formula is C19H15F4NO4. The molecule has 1 unspecified atom stereocenters. The van der Waals surface area contributed by atoms with Gasteiger partial charge in [-0.15, -0.1) is 0 Å². The molecule has 5 nitrogen and oxygen atoms in total. The molecule has 28 heavy (non-hydrogen) atoms. The maximum atomic E-state index is 14.2. The van der Waals surface area contributed by atoms with E-state index in [1.165, 1.54) is 36.6 Å². The van der Waals surface area contributed by atoms with Crippen LogP contribution in [0.3, 0.4) is 0 Å². The molecule has 0 radical (unpaired) electrons. The number of anilines is 1. The number of alkyl halides is 3. The summed E-state index contributed by atoms with van der Waals surface area (Å²) >= 11 is 0. The Balaban J connectivity index is 1.68. The number of carbonyl (C=O) groups excluding carboxylic acids is 1. The van der Waals surface area contributed by atoms with Crippen molar-refractivity contribution in [1.29, 1.82) is 0 Å². The van der Waals surface area contributed by atoms with E-state index in [0.29, 0.717) is 5.06 Å². The molecule has 0 saturated heterocycles. The Hall–Kier alpha value is -3.07. The van der Waals surface area contributed by atoms with Gasteiger partial charge < -0.3 is 9.47 Å². The van der Waals surface area contributed by atoms with Gasteiger partial charge in [-0.2, -0.15) is 18.2 Å². The second-order valence-corrected chi connectivity index (χ2v) is 6.02. The Morgan fingerprint density at radius 1 is 1.25 bits per heavy atom. The third kappa shape index (κ3) is 4.42. The third-order valence-electron chi connectivity index (χ3n) is 4.02. The van der Waals surface area contributed by atoms with Crippen molar-refractivity contribution in [3.05, 3.63) is 71.7 Å². The largest absolute Gasteiger partial charge is 0.500 e. The smallest absolute Gasteiger partial charge is 0.416 e. The van der Waals surface area contributed by atoms with E-state index in [9.17, 15) is 27.6 Å². The van der Waals surface area contributed by atoms with Gasteiger partial charge in [0.15, 0.2) is 11.6 Å². The maximum absolute atomic E-state index is 14.2. The van der Waals surface area contributed by atoms with Crippen LogP contribution in [0.2, 0.25) is 0 Å². The number of amides is 1. The van der Waals surface area contributed by atoms with Crippen LogP contribution in [0, 0.1) is 11.7 Å². The van der Waals surface area contributed by atoms with Gasteiger partial charge in [0.25, 0.3) is 5.91 Å². The molecule has 2 aromatic rings. The maximum Gasteiger partial charge on any atom is 0.416 e. The molecule has 1 atom stereocenters. The molecule has 0 spiro atoms. The Morgan fingerprint density at radius 2 is 2.04 bits per heavy atom. The topological polar surface area (TPSA) is 59.0 Å². The standard InChI is InChI=1S/C19H15F4NO4/c20-16-9-15(24(26)18(25)13-6-7-27-11-13)4-5-17(16)28-10-12-2-1-3-14(8-12)19(21,22)23/h1-9,13,26H,10-11H2. The van der Waals surface area contributed by atoms with Crippen LogP contribution in [0.5, 0.6) is 5.75 Å². The number of benzene rings is 2. The number of nitrogens with zero attached hydrogens (tertiary/aromatic N) is 1. The molecule has 1 heterocycles. The van der Waals surface area contributed by atoms with Crippen LogP contribution in [0.4, 0.5) is 23.2 Å². The van der Waals surface area contributed by atoms with Crippen LogP contribution in [0.1, 0.15) is 11.1 Å². The minimum Gasteiger partial charge on any atom is -0.500 e. The van der Waals surface area contributed by atoms with Crippen molar-refractivity contribution in [2.24, 2.45) is 5.92 Å². The van der Waals surface area contributed by atoms with Gasteiger partial charge in [0.05, 0.1) is 23.4 Å². The van der Waals surface area contributed by atoms with Gasteiger partial charge in [-0.1, -0.05) is 12.1 Å². The molecular weight excluding hydrogens is 382 g/mol. The zero-order valence-electron chi connectivity index (χ0n) is 14.3. The molecule has 3 rings (SSSR count). The molecule has 0 aliphatic carbocycles. The predicted molar refractivity (Wildman–Crippen MR) is 90.0 cm³/mol. The van der Waals surface area contributed by atoms with Crippen LogP contribution >= 0.6 is 0 Å². The second-order valence-electron chi connectivity index (χ2n) is 6.02. The van der Waals surface area contributed by atoms with E-state index >= 15 is 0 Å². The van der Waals surface area contributed by atoms with Gasteiger partial charge in [-0.3, -0.25) is 10.0 Å². The number of carbonyl (C=O) groups is 1. The first-order valence-corrected chi connectivity index (χ1v) is 8.15. The monoisotopic (exact) mass is 397 g/mol. The summed E-state index contributed by atoms with van der Waals surface area (Å²) in [6, 6.07) is 7.81. The van der Waals surface area contributed by atoms with Crippen LogP contribution in [0.15, 0.2) is 54.8 Å². The highest BCUT2D eigenvalue weighted by atomic mass is 19.4. The van der Waals surface area contributed by atoms with E-state index in [1.54, 1.807) is 0 Å². The highest BCUT2D eigenvalue weighted by Crippen LogP contribution is 2.30. The minimum absolute atomic E-state index is 0.0799. The Bertz CT molecular complexity index is 898. The lowest BCUT2D eigenvalue weighted by Gasteiger charge is -2.18. The lowest BCUT2D eigenvalue weighted by molar-refractivity contribution is -0.137. The van der Waals surface area contributed by atoms with Crippen LogP contribution in [-0.2, 0) is 22.3 Å². The van der Waals surface area contributed by atoms with E-state index in [-0.39, 0.29) is 30.2 Å². The number of hydrogen-bond acceptors (Lipinski definition) is 4. The molecule has 0 aromatic heterocycles. The summed E-state index contributed by atoms with van der Waals surface area (Å²) in [6.07, 6.45) is -1.68. The zero-order chi connectivity index (χ0) is 20.3. The van der Waals surface area contributed by atoms with Gasteiger partial charge in [-0.25, -0.2) is 4.39 Å². The summed E-state index contributed by atoms with van der Waals surface area (Å²) < 4.78 is 62.5. The van der Waals surface area contributed by atoms with Gasteiger partial charge in [-0.05, 0) is 35.9 Å². The van der Waals surface area contributed by atoms with E-state index in [1.807, 2.05) is 0 Å². The summed E-state index contributed by atoms with van der Waals surface area (Å²) in [7, 11) is 0. The highest BCUT2D eigenvalue weighted by molar-refractivity contribution is 5.94. The summed E-state index contributed by atoms with van der Waals surface area (Å²) in [5.74, 6) is -2.48. The first-order chi connectivity index (χ1) is 13.3. The number of halogens is 4. The summed E-state index contributed by atoms with van der Waals surface area (Å²) in [6.45, 7) is -0.206. The summed E-state index contributed by atoms with van der Waals surface area (Å²) in [5.41, 5.74) is -0.733. The van der Waals surface area contributed by atoms with E-state index in [4.69, 9.17) is 9.47 Å². The van der Waals surface area contributed by atoms with Crippen LogP contribution < -0.4 is 9.80 Å². The normalized spacial score (nSPS) is 16.0. The van der Waals surface area contributed by atoms with Crippen molar-refractivity contribution < 1.29 is 37.0 Å². The summed E-state index contributed by atoms with van der Waals surface area (Å²) in [5, 5.41) is 10.3. The average Bonchev–Trinajstić information content (AvgIpc) is 3.20. The summed E-state index contributed by atoms with van der Waals surface area (Å²) in [4.78, 5) is 12.1. The lowest BCUT2D eigenvalue weighted by atomic mass is 10.1. The first kappa shape index (κ1) is 19.7. The average molecular weight is 397 g/mol. The minimum atomic E-state index is -4.49. The molecule has 1 amide bonds. The van der Waals surface area contributed by atoms with Crippen molar-refractivity contribution in [3.63, 3.8) is 0 Å². The van der Waals surface area contributed by atoms with E-state index < -0.39 is 29.4 Å². The van der Waals surface area contributed by atoms with Crippen molar-refractivity contribution in [2.75, 3.05) is 11.7 Å². The number of hydroxylamine groups is 1. The Kier molecular flexibility index (Phi) is 5.55. The van der Waals surface area contributed by atoms with Crippen molar-refractivity contribution >= 4 is 11.6 Å². The van der Waals surface area contributed by atoms with Gasteiger partial charge in [0, 0.05) is 6.07 Å². The zero-order valence-corrected chi connectivity index (χ0v) is 14.3. The molecule has 0 bridgehead atoms. The number of hydrogen-bond donors (Lipinski definition) is 1. The molecule has 9 heteroatoms. The van der Waals surface area contributed by atoms with Crippen LogP contribution in [0.25, 0.3) is 0 Å². The Labute approximate surface area is 157 Å². The Morgan fingerprint density at radius 3 is 2.68 bits per heavy atom. The number of rotatable bonds is 5. The van der Waals surface area contributed by atoms with Crippen molar-refractivity contribution in [2.45, 2.75) is 12.8 Å². The molecule has 1 aliphatic rings. The fourth-order valence-electron chi connectivity index (χ4n) is 2.54. The van der Waals surface area contributed by atoms with Crippen LogP contribution in [-0.4, -0.2) is 17.7 Å². The van der Waals surface area contributed by atoms with E-state index in [0.717, 1.165) is 18.2 Å². The fourth-order valence-corrected chi connectivity index (χ4v) is 2.54.